The Morgan fingerprint density at radius 1 is 0.500 bits per heavy atom. The van der Waals surface area contributed by atoms with Crippen molar-refractivity contribution in [3.8, 4) is 16.9 Å². The van der Waals surface area contributed by atoms with E-state index < -0.39 is 0 Å². The van der Waals surface area contributed by atoms with Crippen LogP contribution < -0.4 is 4.74 Å². The molecule has 0 fully saturated rings. The van der Waals surface area contributed by atoms with E-state index in [0.29, 0.717) is 0 Å². The third kappa shape index (κ3) is 13.5. The molecule has 0 spiro atoms. The van der Waals surface area contributed by atoms with Crippen LogP contribution in [0.25, 0.3) is 11.1 Å². The minimum absolute atomic E-state index is 0.150. The van der Waals surface area contributed by atoms with E-state index >= 15 is 0 Å². The minimum atomic E-state index is 0.150. The molecule has 0 saturated carbocycles. The predicted octanol–water partition coefficient (Wildman–Crippen LogP) is 11.1. The van der Waals surface area contributed by atoms with Crippen molar-refractivity contribution in [2.24, 2.45) is 0 Å². The summed E-state index contributed by atoms with van der Waals surface area (Å²) in [5.41, 5.74) is 3.71. The number of hydrogen-bond donors (Lipinski definition) is 0. The zero-order valence-electron chi connectivity index (χ0n) is 23.7. The van der Waals surface area contributed by atoms with Crippen LogP contribution in [-0.4, -0.2) is 13.2 Å². The summed E-state index contributed by atoms with van der Waals surface area (Å²) in [5, 5.41) is 0. The quantitative estimate of drug-likeness (QED) is 0.151. The highest BCUT2D eigenvalue weighted by molar-refractivity contribution is 5.64. The molecule has 1 atom stereocenters. The monoisotopic (exact) mass is 494 g/mol. The molecule has 202 valence electrons. The maximum Gasteiger partial charge on any atom is 0.119 e. The van der Waals surface area contributed by atoms with Crippen molar-refractivity contribution in [2.45, 2.75) is 130 Å². The lowest BCUT2D eigenvalue weighted by molar-refractivity contribution is 0.0628. The summed E-state index contributed by atoms with van der Waals surface area (Å²) in [6, 6.07) is 17.3. The van der Waals surface area contributed by atoms with Crippen LogP contribution in [0.1, 0.15) is 135 Å². The Labute approximate surface area is 223 Å². The SMILES string of the molecule is CCCCCCCCCCCCCCOc1ccc(-c2ccc(C(C)OCCCCCC)cc2)cc1. The van der Waals surface area contributed by atoms with Gasteiger partial charge in [-0.25, -0.2) is 0 Å². The van der Waals surface area contributed by atoms with Gasteiger partial charge in [-0.15, -0.1) is 0 Å². The first-order chi connectivity index (χ1) is 17.7. The van der Waals surface area contributed by atoms with Crippen LogP contribution in [0.3, 0.4) is 0 Å². The van der Waals surface area contributed by atoms with Crippen LogP contribution >= 0.6 is 0 Å². The zero-order chi connectivity index (χ0) is 25.7. The van der Waals surface area contributed by atoms with Crippen molar-refractivity contribution in [3.63, 3.8) is 0 Å². The fraction of sp³-hybridized carbons (Fsp3) is 0.647. The standard InChI is InChI=1S/C34H54O2/c1-4-6-8-10-11-12-13-14-15-16-17-19-29-36-34-26-24-33(25-27-34)32-22-20-31(21-23-32)30(3)35-28-18-9-7-5-2/h20-27,30H,4-19,28-29H2,1-3H3. The van der Waals surface area contributed by atoms with Crippen molar-refractivity contribution in [1.29, 1.82) is 0 Å². The van der Waals surface area contributed by atoms with E-state index in [9.17, 15) is 0 Å². The summed E-state index contributed by atoms with van der Waals surface area (Å²) in [5.74, 6) is 0.975. The van der Waals surface area contributed by atoms with Gasteiger partial charge >= 0.3 is 0 Å². The summed E-state index contributed by atoms with van der Waals surface area (Å²) in [6.07, 6.45) is 21.6. The Balaban J connectivity index is 1.56. The number of benzene rings is 2. The van der Waals surface area contributed by atoms with Crippen LogP contribution in [0.4, 0.5) is 0 Å². The van der Waals surface area contributed by atoms with Gasteiger partial charge in [0.2, 0.25) is 0 Å². The molecule has 0 aliphatic heterocycles. The first kappa shape index (κ1) is 30.4. The van der Waals surface area contributed by atoms with E-state index in [4.69, 9.17) is 9.47 Å². The van der Waals surface area contributed by atoms with Gasteiger partial charge in [-0.05, 0) is 48.6 Å². The normalized spacial score (nSPS) is 12.1. The molecular weight excluding hydrogens is 440 g/mol. The Morgan fingerprint density at radius 2 is 0.917 bits per heavy atom. The van der Waals surface area contributed by atoms with Gasteiger partial charge in [0.1, 0.15) is 5.75 Å². The van der Waals surface area contributed by atoms with E-state index in [0.717, 1.165) is 31.8 Å². The Kier molecular flexibility index (Phi) is 17.1. The van der Waals surface area contributed by atoms with E-state index in [1.54, 1.807) is 0 Å². The van der Waals surface area contributed by atoms with Gasteiger partial charge in [0, 0.05) is 6.61 Å². The van der Waals surface area contributed by atoms with Crippen LogP contribution in [0, 0.1) is 0 Å². The van der Waals surface area contributed by atoms with Crippen LogP contribution in [0.5, 0.6) is 5.75 Å². The molecule has 0 heterocycles. The first-order valence-electron chi connectivity index (χ1n) is 15.2. The lowest BCUT2D eigenvalue weighted by Gasteiger charge is -2.14. The van der Waals surface area contributed by atoms with Crippen LogP contribution in [-0.2, 0) is 4.74 Å². The van der Waals surface area contributed by atoms with Crippen molar-refractivity contribution >= 4 is 0 Å². The highest BCUT2D eigenvalue weighted by Crippen LogP contribution is 2.25. The fourth-order valence-electron chi connectivity index (χ4n) is 4.71. The molecule has 2 aromatic carbocycles. The van der Waals surface area contributed by atoms with E-state index in [1.807, 2.05) is 0 Å². The Hall–Kier alpha value is -1.80. The molecule has 0 aliphatic carbocycles. The minimum Gasteiger partial charge on any atom is -0.494 e. The average Bonchev–Trinajstić information content (AvgIpc) is 2.91. The summed E-state index contributed by atoms with van der Waals surface area (Å²) in [7, 11) is 0. The maximum absolute atomic E-state index is 6.02. The number of hydrogen-bond acceptors (Lipinski definition) is 2. The number of ether oxygens (including phenoxy) is 2. The van der Waals surface area contributed by atoms with E-state index in [1.165, 1.54) is 107 Å². The smallest absolute Gasteiger partial charge is 0.119 e. The van der Waals surface area contributed by atoms with Crippen molar-refractivity contribution < 1.29 is 9.47 Å². The van der Waals surface area contributed by atoms with Crippen LogP contribution in [0.2, 0.25) is 0 Å². The maximum atomic E-state index is 6.02. The second kappa shape index (κ2) is 20.3. The summed E-state index contributed by atoms with van der Waals surface area (Å²) in [4.78, 5) is 0. The van der Waals surface area contributed by atoms with E-state index in [2.05, 4.69) is 69.3 Å². The fourth-order valence-corrected chi connectivity index (χ4v) is 4.71. The summed E-state index contributed by atoms with van der Waals surface area (Å²) >= 11 is 0. The van der Waals surface area contributed by atoms with Gasteiger partial charge in [0.05, 0.1) is 12.7 Å². The highest BCUT2D eigenvalue weighted by Gasteiger charge is 2.06. The molecule has 0 saturated heterocycles. The largest absolute Gasteiger partial charge is 0.494 e. The summed E-state index contributed by atoms with van der Waals surface area (Å²) < 4.78 is 12.0. The lowest BCUT2D eigenvalue weighted by Crippen LogP contribution is -2.01. The molecule has 0 radical (unpaired) electrons. The van der Waals surface area contributed by atoms with Gasteiger partial charge in [-0.1, -0.05) is 140 Å². The molecule has 0 aliphatic rings. The molecule has 0 amide bonds. The van der Waals surface area contributed by atoms with Crippen molar-refractivity contribution in [2.75, 3.05) is 13.2 Å². The first-order valence-corrected chi connectivity index (χ1v) is 15.2. The van der Waals surface area contributed by atoms with Gasteiger partial charge in [-0.3, -0.25) is 0 Å². The molecule has 0 N–H and O–H groups in total. The molecule has 2 heteroatoms. The van der Waals surface area contributed by atoms with Crippen molar-refractivity contribution in [3.05, 3.63) is 54.1 Å². The lowest BCUT2D eigenvalue weighted by atomic mass is 10.0. The van der Waals surface area contributed by atoms with Crippen LogP contribution in [0.15, 0.2) is 48.5 Å². The molecule has 36 heavy (non-hydrogen) atoms. The molecule has 0 bridgehead atoms. The van der Waals surface area contributed by atoms with Gasteiger partial charge in [0.25, 0.3) is 0 Å². The second-order valence-electron chi connectivity index (χ2n) is 10.5. The zero-order valence-corrected chi connectivity index (χ0v) is 23.7. The molecule has 2 aromatic rings. The van der Waals surface area contributed by atoms with Gasteiger partial charge < -0.3 is 9.47 Å². The third-order valence-electron chi connectivity index (χ3n) is 7.20. The van der Waals surface area contributed by atoms with Crippen molar-refractivity contribution in [1.82, 2.24) is 0 Å². The molecule has 1 unspecified atom stereocenters. The highest BCUT2D eigenvalue weighted by atomic mass is 16.5. The molecule has 0 aromatic heterocycles. The molecule has 2 rings (SSSR count). The molecular formula is C34H54O2. The predicted molar refractivity (Wildman–Crippen MR) is 157 cm³/mol. The molecule has 2 nitrogen and oxygen atoms in total. The van der Waals surface area contributed by atoms with Gasteiger partial charge in [0.15, 0.2) is 0 Å². The average molecular weight is 495 g/mol. The Bertz CT molecular complexity index is 750. The number of unbranched alkanes of at least 4 members (excludes halogenated alkanes) is 14. The number of rotatable bonds is 22. The Morgan fingerprint density at radius 3 is 1.44 bits per heavy atom. The van der Waals surface area contributed by atoms with E-state index in [-0.39, 0.29) is 6.10 Å². The summed E-state index contributed by atoms with van der Waals surface area (Å²) in [6.45, 7) is 8.35. The van der Waals surface area contributed by atoms with Gasteiger partial charge in [-0.2, -0.15) is 0 Å². The second-order valence-corrected chi connectivity index (χ2v) is 10.5. The topological polar surface area (TPSA) is 18.5 Å². The third-order valence-corrected chi connectivity index (χ3v) is 7.20.